The summed E-state index contributed by atoms with van der Waals surface area (Å²) in [6, 6.07) is 85.2. The molecule has 12 rings (SSSR count). The van der Waals surface area contributed by atoms with Crippen molar-refractivity contribution >= 4 is 71.3 Å². The molecular formula is C60H39NO. The van der Waals surface area contributed by atoms with E-state index >= 15 is 0 Å². The molecule has 1 heterocycles. The molecule has 0 bridgehead atoms. The lowest BCUT2D eigenvalue weighted by Crippen LogP contribution is -2.09. The van der Waals surface area contributed by atoms with Crippen LogP contribution in [-0.4, -0.2) is 0 Å². The second-order valence-electron chi connectivity index (χ2n) is 16.0. The molecule has 0 aliphatic carbocycles. The highest BCUT2D eigenvalue weighted by Crippen LogP contribution is 2.48. The number of rotatable bonds is 7. The first kappa shape index (κ1) is 35.7. The van der Waals surface area contributed by atoms with Crippen LogP contribution in [0.1, 0.15) is 0 Å². The lowest BCUT2D eigenvalue weighted by molar-refractivity contribution is 0.674. The molecule has 2 heteroatoms. The summed E-state index contributed by atoms with van der Waals surface area (Å²) in [7, 11) is 0. The molecule has 0 spiro atoms. The second-order valence-corrected chi connectivity index (χ2v) is 16.0. The number of fused-ring (bicyclic) bond motifs is 9. The Kier molecular flexibility index (Phi) is 8.53. The van der Waals surface area contributed by atoms with Crippen molar-refractivity contribution in [2.45, 2.75) is 0 Å². The number of anilines is 3. The Morgan fingerprint density at radius 3 is 1.29 bits per heavy atom. The Morgan fingerprint density at radius 1 is 0.258 bits per heavy atom. The molecule has 0 radical (unpaired) electrons. The van der Waals surface area contributed by atoms with Gasteiger partial charge in [0, 0.05) is 38.8 Å². The van der Waals surface area contributed by atoms with Gasteiger partial charge in [-0.25, -0.2) is 0 Å². The summed E-state index contributed by atoms with van der Waals surface area (Å²) < 4.78 is 7.21. The Labute approximate surface area is 360 Å². The van der Waals surface area contributed by atoms with E-state index < -0.39 is 0 Å². The van der Waals surface area contributed by atoms with E-state index in [1.807, 2.05) is 0 Å². The quantitative estimate of drug-likeness (QED) is 0.150. The molecule has 1 aromatic heterocycles. The highest BCUT2D eigenvalue weighted by atomic mass is 16.3. The zero-order valence-corrected chi connectivity index (χ0v) is 33.9. The molecule has 0 fully saturated rings. The molecular weight excluding hydrogens is 751 g/mol. The van der Waals surface area contributed by atoms with Crippen LogP contribution in [0.3, 0.4) is 0 Å². The van der Waals surface area contributed by atoms with E-state index in [1.54, 1.807) is 0 Å². The maximum Gasteiger partial charge on any atom is 0.143 e. The lowest BCUT2D eigenvalue weighted by Gasteiger charge is -2.26. The standard InChI is InChI=1S/C60H39NO/c1-3-13-40(14-4-1)43-25-31-48(32-26-43)61(49-33-27-44(28-34-49)41-15-5-2-6-16-41)50-35-29-45(30-36-50)52-38-37-51(47-24-23-42-17-7-8-18-46(42)39-47)57-58-55-21-11-9-19-53(55)54-20-10-12-22-56(54)60(58)62-59(52)57/h1-39H. The minimum atomic E-state index is 0.893. The van der Waals surface area contributed by atoms with Crippen molar-refractivity contribution < 1.29 is 4.42 Å². The molecule has 0 atom stereocenters. The second kappa shape index (κ2) is 14.8. The summed E-state index contributed by atoms with van der Waals surface area (Å²) in [5, 5.41) is 9.48. The van der Waals surface area contributed by atoms with Crippen LogP contribution in [0.2, 0.25) is 0 Å². The number of furan rings is 1. The van der Waals surface area contributed by atoms with Crippen LogP contribution in [-0.2, 0) is 0 Å². The van der Waals surface area contributed by atoms with Gasteiger partial charge >= 0.3 is 0 Å². The van der Waals surface area contributed by atoms with Crippen LogP contribution < -0.4 is 4.90 Å². The van der Waals surface area contributed by atoms with E-state index in [2.05, 4.69) is 241 Å². The molecule has 0 aliphatic rings. The fourth-order valence-corrected chi connectivity index (χ4v) is 9.43. The Hall–Kier alpha value is -8.20. The minimum Gasteiger partial charge on any atom is -0.455 e. The van der Waals surface area contributed by atoms with Crippen LogP contribution in [0.4, 0.5) is 17.1 Å². The van der Waals surface area contributed by atoms with Gasteiger partial charge in [0.2, 0.25) is 0 Å². The van der Waals surface area contributed by atoms with Gasteiger partial charge in [0.1, 0.15) is 11.2 Å². The van der Waals surface area contributed by atoms with E-state index in [4.69, 9.17) is 4.42 Å². The molecule has 0 N–H and O–H groups in total. The molecule has 2 nitrogen and oxygen atoms in total. The molecule has 0 aliphatic heterocycles. The molecule has 0 saturated heterocycles. The van der Waals surface area contributed by atoms with Crippen LogP contribution in [0.25, 0.3) is 98.8 Å². The van der Waals surface area contributed by atoms with Crippen molar-refractivity contribution in [2.24, 2.45) is 0 Å². The maximum absolute atomic E-state index is 7.21. The first-order valence-electron chi connectivity index (χ1n) is 21.2. The Morgan fingerprint density at radius 2 is 0.694 bits per heavy atom. The average Bonchev–Trinajstić information content (AvgIpc) is 3.77. The van der Waals surface area contributed by atoms with Gasteiger partial charge in [0.05, 0.1) is 0 Å². The van der Waals surface area contributed by atoms with Crippen molar-refractivity contribution in [3.63, 3.8) is 0 Å². The van der Waals surface area contributed by atoms with Crippen molar-refractivity contribution in [3.05, 3.63) is 237 Å². The summed E-state index contributed by atoms with van der Waals surface area (Å²) in [6.07, 6.45) is 0. The fraction of sp³-hybridized carbons (Fsp3) is 0. The third-order valence-electron chi connectivity index (χ3n) is 12.5. The van der Waals surface area contributed by atoms with Crippen molar-refractivity contribution in [3.8, 4) is 44.5 Å². The largest absolute Gasteiger partial charge is 0.455 e. The van der Waals surface area contributed by atoms with E-state index in [-0.39, 0.29) is 0 Å². The Bertz CT molecular complexity index is 3510. The highest BCUT2D eigenvalue weighted by Gasteiger charge is 2.22. The number of nitrogens with zero attached hydrogens (tertiary/aromatic N) is 1. The monoisotopic (exact) mass is 789 g/mol. The number of hydrogen-bond donors (Lipinski definition) is 0. The van der Waals surface area contributed by atoms with Crippen molar-refractivity contribution in [2.75, 3.05) is 4.90 Å². The molecule has 11 aromatic carbocycles. The molecule has 0 unspecified atom stereocenters. The normalized spacial score (nSPS) is 11.5. The van der Waals surface area contributed by atoms with Gasteiger partial charge in [0.25, 0.3) is 0 Å². The summed E-state index contributed by atoms with van der Waals surface area (Å²) in [5.41, 5.74) is 14.3. The van der Waals surface area contributed by atoms with Crippen molar-refractivity contribution in [1.82, 2.24) is 0 Å². The summed E-state index contributed by atoms with van der Waals surface area (Å²) in [4.78, 5) is 2.34. The summed E-state index contributed by atoms with van der Waals surface area (Å²) >= 11 is 0. The van der Waals surface area contributed by atoms with E-state index in [1.165, 1.54) is 54.7 Å². The van der Waals surface area contributed by atoms with Gasteiger partial charge in [-0.05, 0) is 114 Å². The predicted molar refractivity (Wildman–Crippen MR) is 263 cm³/mol. The lowest BCUT2D eigenvalue weighted by atomic mass is 9.91. The maximum atomic E-state index is 7.21. The molecule has 62 heavy (non-hydrogen) atoms. The SMILES string of the molecule is c1ccc(-c2ccc(N(c3ccc(-c4ccccc4)cc3)c3ccc(-c4ccc(-c5ccc6ccccc6c5)c5c4oc4c6ccccc6c6ccccc6c45)cc3)cc2)cc1. The average molecular weight is 790 g/mol. The van der Waals surface area contributed by atoms with Gasteiger partial charge in [-0.3, -0.25) is 0 Å². The van der Waals surface area contributed by atoms with Crippen molar-refractivity contribution in [1.29, 1.82) is 0 Å². The first-order valence-corrected chi connectivity index (χ1v) is 21.2. The Balaban J connectivity index is 1.03. The third kappa shape index (κ3) is 6.04. The highest BCUT2D eigenvalue weighted by molar-refractivity contribution is 6.33. The fourth-order valence-electron chi connectivity index (χ4n) is 9.43. The van der Waals surface area contributed by atoms with Crippen LogP contribution >= 0.6 is 0 Å². The summed E-state index contributed by atoms with van der Waals surface area (Å²) in [6.45, 7) is 0. The van der Waals surface area contributed by atoms with E-state index in [9.17, 15) is 0 Å². The van der Waals surface area contributed by atoms with Gasteiger partial charge in [-0.1, -0.05) is 188 Å². The van der Waals surface area contributed by atoms with Gasteiger partial charge in [-0.2, -0.15) is 0 Å². The number of benzene rings is 11. The predicted octanol–water partition coefficient (Wildman–Crippen LogP) is 17.2. The topological polar surface area (TPSA) is 16.4 Å². The zero-order chi connectivity index (χ0) is 41.0. The molecule has 290 valence electrons. The minimum absolute atomic E-state index is 0.893. The molecule has 0 amide bonds. The first-order chi connectivity index (χ1) is 30.7. The molecule has 0 saturated carbocycles. The smallest absolute Gasteiger partial charge is 0.143 e. The van der Waals surface area contributed by atoms with Crippen LogP contribution in [0.15, 0.2) is 241 Å². The molecule has 12 aromatic rings. The van der Waals surface area contributed by atoms with E-state index in [0.29, 0.717) is 0 Å². The van der Waals surface area contributed by atoms with Gasteiger partial charge < -0.3 is 9.32 Å². The van der Waals surface area contributed by atoms with E-state index in [0.717, 1.165) is 61.1 Å². The van der Waals surface area contributed by atoms with Crippen LogP contribution in [0, 0.1) is 0 Å². The van der Waals surface area contributed by atoms with Gasteiger partial charge in [-0.15, -0.1) is 0 Å². The number of hydrogen-bond acceptors (Lipinski definition) is 2. The summed E-state index contributed by atoms with van der Waals surface area (Å²) in [5.74, 6) is 0. The zero-order valence-electron chi connectivity index (χ0n) is 33.9. The van der Waals surface area contributed by atoms with Gasteiger partial charge in [0.15, 0.2) is 0 Å². The third-order valence-corrected chi connectivity index (χ3v) is 12.5. The van der Waals surface area contributed by atoms with Crippen LogP contribution in [0.5, 0.6) is 0 Å².